The summed E-state index contributed by atoms with van der Waals surface area (Å²) in [5.41, 5.74) is 1.56. The van der Waals surface area contributed by atoms with Crippen molar-refractivity contribution in [1.82, 2.24) is 9.62 Å². The maximum absolute atomic E-state index is 12.3. The molecule has 1 unspecified atom stereocenters. The van der Waals surface area contributed by atoms with Crippen LogP contribution in [-0.4, -0.2) is 37.4 Å². The van der Waals surface area contributed by atoms with Gasteiger partial charge in [-0.15, -0.1) is 0 Å². The number of carbonyl (C=O) groups is 1. The zero-order valence-electron chi connectivity index (χ0n) is 13.6. The second kappa shape index (κ2) is 6.01. The van der Waals surface area contributed by atoms with E-state index in [-0.39, 0.29) is 29.7 Å². The molecule has 1 amide bonds. The Morgan fingerprint density at radius 2 is 1.82 bits per heavy atom. The van der Waals surface area contributed by atoms with E-state index < -0.39 is 10.0 Å². The Morgan fingerprint density at radius 1 is 1.23 bits per heavy atom. The standard InChI is InChI=1S/C16H24N2O3S/c1-12-5-7-13(8-6-12)11-22(20,21)17-14-9-15(19)18(10-14)16(2,3)4/h5-8,14,17H,9-11H2,1-4H3. The van der Waals surface area contributed by atoms with Gasteiger partial charge >= 0.3 is 0 Å². The molecule has 1 aliphatic heterocycles. The van der Waals surface area contributed by atoms with Gasteiger partial charge in [-0.25, -0.2) is 13.1 Å². The Labute approximate surface area is 132 Å². The van der Waals surface area contributed by atoms with Crippen LogP contribution in [0, 0.1) is 6.92 Å². The quantitative estimate of drug-likeness (QED) is 0.918. The van der Waals surface area contributed by atoms with E-state index in [0.717, 1.165) is 11.1 Å². The molecule has 1 heterocycles. The highest BCUT2D eigenvalue weighted by Crippen LogP contribution is 2.22. The van der Waals surface area contributed by atoms with Crippen molar-refractivity contribution in [3.05, 3.63) is 35.4 Å². The van der Waals surface area contributed by atoms with Gasteiger partial charge in [0, 0.05) is 24.5 Å². The monoisotopic (exact) mass is 324 g/mol. The lowest BCUT2D eigenvalue weighted by Crippen LogP contribution is -2.44. The number of benzene rings is 1. The van der Waals surface area contributed by atoms with E-state index in [2.05, 4.69) is 4.72 Å². The lowest BCUT2D eigenvalue weighted by molar-refractivity contribution is -0.131. The fraction of sp³-hybridized carbons (Fsp3) is 0.562. The van der Waals surface area contributed by atoms with Crippen molar-refractivity contribution in [2.24, 2.45) is 0 Å². The second-order valence-electron chi connectivity index (χ2n) is 6.94. The average molecular weight is 324 g/mol. The third-order valence-corrected chi connectivity index (χ3v) is 5.16. The largest absolute Gasteiger partial charge is 0.336 e. The third-order valence-electron chi connectivity index (χ3n) is 3.76. The molecule has 0 radical (unpaired) electrons. The van der Waals surface area contributed by atoms with Gasteiger partial charge in [0.1, 0.15) is 0 Å². The van der Waals surface area contributed by atoms with Crippen molar-refractivity contribution in [1.29, 1.82) is 0 Å². The lowest BCUT2D eigenvalue weighted by Gasteiger charge is -2.32. The summed E-state index contributed by atoms with van der Waals surface area (Å²) >= 11 is 0. The molecule has 0 aliphatic carbocycles. The molecule has 5 nitrogen and oxygen atoms in total. The minimum absolute atomic E-state index is 0.00413. The number of nitrogens with zero attached hydrogens (tertiary/aromatic N) is 1. The lowest BCUT2D eigenvalue weighted by atomic mass is 10.1. The molecule has 0 aromatic heterocycles. The molecule has 0 bridgehead atoms. The van der Waals surface area contributed by atoms with Gasteiger partial charge in [0.2, 0.25) is 15.9 Å². The third kappa shape index (κ3) is 4.30. The van der Waals surface area contributed by atoms with Crippen LogP contribution in [0.3, 0.4) is 0 Å². The number of sulfonamides is 1. The van der Waals surface area contributed by atoms with E-state index in [1.54, 1.807) is 4.90 Å². The zero-order valence-corrected chi connectivity index (χ0v) is 14.4. The number of amides is 1. The first-order valence-electron chi connectivity index (χ1n) is 7.43. The molecule has 0 spiro atoms. The van der Waals surface area contributed by atoms with Crippen molar-refractivity contribution in [3.8, 4) is 0 Å². The molecule has 1 saturated heterocycles. The maximum atomic E-state index is 12.3. The molecule has 1 aliphatic rings. The van der Waals surface area contributed by atoms with Crippen LogP contribution in [0.15, 0.2) is 24.3 Å². The van der Waals surface area contributed by atoms with E-state index in [0.29, 0.717) is 6.54 Å². The molecule has 6 heteroatoms. The summed E-state index contributed by atoms with van der Waals surface area (Å²) in [6.07, 6.45) is 0.227. The van der Waals surface area contributed by atoms with Gasteiger partial charge in [0.25, 0.3) is 0 Å². The van der Waals surface area contributed by atoms with Crippen LogP contribution in [0.4, 0.5) is 0 Å². The summed E-state index contributed by atoms with van der Waals surface area (Å²) in [4.78, 5) is 13.7. The van der Waals surface area contributed by atoms with E-state index in [1.165, 1.54) is 0 Å². The predicted molar refractivity (Wildman–Crippen MR) is 86.8 cm³/mol. The average Bonchev–Trinajstić information content (AvgIpc) is 2.72. The molecule has 0 saturated carbocycles. The van der Waals surface area contributed by atoms with Gasteiger partial charge in [-0.05, 0) is 33.3 Å². The molecule has 1 aromatic carbocycles. The number of aryl methyl sites for hydroxylation is 1. The molecular weight excluding hydrogens is 300 g/mol. The summed E-state index contributed by atoms with van der Waals surface area (Å²) in [5, 5.41) is 0. The van der Waals surface area contributed by atoms with Crippen molar-refractivity contribution in [2.75, 3.05) is 6.54 Å². The van der Waals surface area contributed by atoms with E-state index >= 15 is 0 Å². The Morgan fingerprint density at radius 3 is 2.32 bits per heavy atom. The molecule has 1 fully saturated rings. The highest BCUT2D eigenvalue weighted by atomic mass is 32.2. The van der Waals surface area contributed by atoms with E-state index in [9.17, 15) is 13.2 Å². The fourth-order valence-electron chi connectivity index (χ4n) is 2.63. The summed E-state index contributed by atoms with van der Waals surface area (Å²) in [6.45, 7) is 8.24. The Kier molecular flexibility index (Phi) is 4.63. The molecule has 2 rings (SSSR count). The first-order chi connectivity index (χ1) is 10.1. The van der Waals surface area contributed by atoms with Gasteiger partial charge in [0.15, 0.2) is 0 Å². The van der Waals surface area contributed by atoms with Crippen molar-refractivity contribution < 1.29 is 13.2 Å². The fourth-order valence-corrected chi connectivity index (χ4v) is 4.01. The molecule has 1 N–H and O–H groups in total. The summed E-state index contributed by atoms with van der Waals surface area (Å²) in [5.74, 6) is -0.0661. The van der Waals surface area contributed by atoms with Gasteiger partial charge in [0.05, 0.1) is 5.75 Å². The highest BCUT2D eigenvalue weighted by Gasteiger charge is 2.37. The normalized spacial score (nSPS) is 19.7. The second-order valence-corrected chi connectivity index (χ2v) is 8.69. The zero-order chi connectivity index (χ0) is 16.5. The van der Waals surface area contributed by atoms with Crippen LogP contribution in [0.5, 0.6) is 0 Å². The molecular formula is C16H24N2O3S. The topological polar surface area (TPSA) is 66.5 Å². The van der Waals surface area contributed by atoms with Crippen LogP contribution < -0.4 is 4.72 Å². The Hall–Kier alpha value is -1.40. The molecule has 1 aromatic rings. The summed E-state index contributed by atoms with van der Waals surface area (Å²) < 4.78 is 27.2. The SMILES string of the molecule is Cc1ccc(CS(=O)(=O)NC2CC(=O)N(C(C)(C)C)C2)cc1. The van der Waals surface area contributed by atoms with Crippen molar-refractivity contribution in [3.63, 3.8) is 0 Å². The number of rotatable bonds is 4. The number of hydrogen-bond acceptors (Lipinski definition) is 3. The van der Waals surface area contributed by atoms with E-state index in [1.807, 2.05) is 52.0 Å². The minimum atomic E-state index is -3.45. The van der Waals surface area contributed by atoms with Gasteiger partial charge in [-0.3, -0.25) is 4.79 Å². The number of nitrogens with one attached hydrogen (secondary N) is 1. The van der Waals surface area contributed by atoms with Crippen LogP contribution in [0.2, 0.25) is 0 Å². The first kappa shape index (κ1) is 17.0. The highest BCUT2D eigenvalue weighted by molar-refractivity contribution is 7.88. The minimum Gasteiger partial charge on any atom is -0.336 e. The molecule has 1 atom stereocenters. The summed E-state index contributed by atoms with van der Waals surface area (Å²) in [7, 11) is -3.45. The van der Waals surface area contributed by atoms with Crippen LogP contribution >= 0.6 is 0 Å². The van der Waals surface area contributed by atoms with E-state index in [4.69, 9.17) is 0 Å². The number of hydrogen-bond donors (Lipinski definition) is 1. The first-order valence-corrected chi connectivity index (χ1v) is 9.08. The molecule has 122 valence electrons. The van der Waals surface area contributed by atoms with Gasteiger partial charge in [-0.1, -0.05) is 29.8 Å². The predicted octanol–water partition coefficient (Wildman–Crippen LogP) is 1.81. The number of likely N-dealkylation sites (tertiary alicyclic amines) is 1. The Balaban J connectivity index is 2.01. The van der Waals surface area contributed by atoms with Crippen molar-refractivity contribution in [2.45, 2.75) is 51.4 Å². The van der Waals surface area contributed by atoms with Crippen molar-refractivity contribution >= 4 is 15.9 Å². The van der Waals surface area contributed by atoms with Gasteiger partial charge < -0.3 is 4.90 Å². The molecule has 22 heavy (non-hydrogen) atoms. The van der Waals surface area contributed by atoms with Gasteiger partial charge in [-0.2, -0.15) is 0 Å². The maximum Gasteiger partial charge on any atom is 0.224 e. The Bertz CT molecular complexity index is 645. The number of carbonyl (C=O) groups excluding carboxylic acids is 1. The van der Waals surface area contributed by atoms with Crippen LogP contribution in [-0.2, 0) is 20.6 Å². The van der Waals surface area contributed by atoms with Crippen LogP contribution in [0.25, 0.3) is 0 Å². The smallest absolute Gasteiger partial charge is 0.224 e. The van der Waals surface area contributed by atoms with Crippen LogP contribution in [0.1, 0.15) is 38.3 Å². The summed E-state index contributed by atoms with van der Waals surface area (Å²) in [6, 6.07) is 7.07.